The van der Waals surface area contributed by atoms with E-state index in [1.807, 2.05) is 17.0 Å². The zero-order chi connectivity index (χ0) is 20.7. The van der Waals surface area contributed by atoms with Crippen molar-refractivity contribution in [3.8, 4) is 5.75 Å². The Kier molecular flexibility index (Phi) is 5.06. The molecule has 3 heterocycles. The molecule has 0 radical (unpaired) electrons. The summed E-state index contributed by atoms with van der Waals surface area (Å²) < 4.78 is 5.23. The third-order valence-corrected chi connectivity index (χ3v) is 6.55. The smallest absolute Gasteiger partial charge is 0.254 e. The van der Waals surface area contributed by atoms with Crippen molar-refractivity contribution in [2.45, 2.75) is 44.7 Å². The number of rotatable bonds is 5. The second kappa shape index (κ2) is 7.87. The number of benzene rings is 1. The van der Waals surface area contributed by atoms with Gasteiger partial charge in [-0.05, 0) is 43.4 Å². The average Bonchev–Trinajstić information content (AvgIpc) is 3.49. The molecular formula is C23H28N4O3. The van der Waals surface area contributed by atoms with E-state index in [2.05, 4.69) is 22.0 Å². The molecule has 0 spiro atoms. The molecule has 158 valence electrons. The van der Waals surface area contributed by atoms with Crippen LogP contribution < -0.4 is 10.3 Å². The Morgan fingerprint density at radius 3 is 2.73 bits per heavy atom. The molecule has 1 aromatic carbocycles. The maximum atomic E-state index is 12.7. The number of aromatic nitrogens is 2. The number of nitrogens with one attached hydrogen (secondary N) is 1. The molecule has 1 N–H and O–H groups in total. The Labute approximate surface area is 176 Å². The fourth-order valence-electron chi connectivity index (χ4n) is 4.60. The van der Waals surface area contributed by atoms with Gasteiger partial charge in [0.05, 0.1) is 12.8 Å². The summed E-state index contributed by atoms with van der Waals surface area (Å²) in [5.41, 5.74) is 2.91. The summed E-state index contributed by atoms with van der Waals surface area (Å²) in [4.78, 5) is 37.2. The van der Waals surface area contributed by atoms with Crippen molar-refractivity contribution < 1.29 is 9.53 Å². The minimum atomic E-state index is -0.00827. The fourth-order valence-corrected chi connectivity index (χ4v) is 4.60. The van der Waals surface area contributed by atoms with E-state index in [4.69, 9.17) is 9.72 Å². The van der Waals surface area contributed by atoms with E-state index in [0.29, 0.717) is 19.5 Å². The molecule has 7 nitrogen and oxygen atoms in total. The number of ether oxygens (including phenoxy) is 1. The highest BCUT2D eigenvalue weighted by Gasteiger charge is 2.37. The third kappa shape index (κ3) is 3.86. The highest BCUT2D eigenvalue weighted by molar-refractivity contribution is 5.81. The minimum Gasteiger partial charge on any atom is -0.497 e. The number of carbonyl (C=O) groups excluding carboxylic acids is 1. The first-order valence-electron chi connectivity index (χ1n) is 10.9. The number of aromatic amines is 1. The molecule has 0 bridgehead atoms. The quantitative estimate of drug-likeness (QED) is 0.819. The summed E-state index contributed by atoms with van der Waals surface area (Å²) in [6.07, 6.45) is 3.64. The highest BCUT2D eigenvalue weighted by atomic mass is 16.5. The normalized spacial score (nSPS) is 21.5. The van der Waals surface area contributed by atoms with Crippen LogP contribution >= 0.6 is 0 Å². The van der Waals surface area contributed by atoms with Gasteiger partial charge in [-0.2, -0.15) is 0 Å². The van der Waals surface area contributed by atoms with Crippen LogP contribution in [-0.2, 0) is 24.3 Å². The molecule has 1 saturated carbocycles. The summed E-state index contributed by atoms with van der Waals surface area (Å²) in [6, 6.07) is 8.11. The largest absolute Gasteiger partial charge is 0.497 e. The van der Waals surface area contributed by atoms with Gasteiger partial charge in [-0.25, -0.2) is 4.98 Å². The number of hydrogen-bond donors (Lipinski definition) is 1. The first kappa shape index (κ1) is 19.3. The molecule has 1 aliphatic carbocycles. The van der Waals surface area contributed by atoms with E-state index >= 15 is 0 Å². The first-order valence-corrected chi connectivity index (χ1v) is 10.9. The van der Waals surface area contributed by atoms with Gasteiger partial charge in [0.25, 0.3) is 5.56 Å². The van der Waals surface area contributed by atoms with E-state index in [-0.39, 0.29) is 23.3 Å². The lowest BCUT2D eigenvalue weighted by molar-refractivity contribution is -0.131. The number of nitrogens with zero attached hydrogens (tertiary/aromatic N) is 3. The van der Waals surface area contributed by atoms with Gasteiger partial charge in [-0.3, -0.25) is 14.5 Å². The Balaban J connectivity index is 1.29. The van der Waals surface area contributed by atoms with Crippen molar-refractivity contribution in [2.75, 3.05) is 26.7 Å². The van der Waals surface area contributed by atoms with Gasteiger partial charge in [-0.15, -0.1) is 0 Å². The zero-order valence-corrected chi connectivity index (χ0v) is 17.4. The molecule has 1 atom stereocenters. The monoisotopic (exact) mass is 408 g/mol. The number of likely N-dealkylation sites (tertiary alicyclic amines) is 1. The molecule has 7 heteroatoms. The van der Waals surface area contributed by atoms with Crippen LogP contribution in [0.5, 0.6) is 5.75 Å². The second-order valence-corrected chi connectivity index (χ2v) is 8.73. The lowest BCUT2D eigenvalue weighted by Crippen LogP contribution is -2.36. The Hall–Kier alpha value is -2.67. The number of carbonyl (C=O) groups is 1. The number of fused-ring (bicyclic) bond motifs is 1. The van der Waals surface area contributed by atoms with Crippen LogP contribution in [0.1, 0.15) is 47.8 Å². The number of amides is 1. The molecule has 1 saturated heterocycles. The fraction of sp³-hybridized carbons (Fsp3) is 0.522. The van der Waals surface area contributed by atoms with E-state index in [0.717, 1.165) is 61.7 Å². The van der Waals surface area contributed by atoms with Gasteiger partial charge in [0.2, 0.25) is 5.91 Å². The van der Waals surface area contributed by atoms with Crippen molar-refractivity contribution in [3.05, 3.63) is 57.3 Å². The number of methoxy groups -OCH3 is 1. The van der Waals surface area contributed by atoms with Crippen molar-refractivity contribution in [1.82, 2.24) is 19.8 Å². The standard InChI is InChI=1S/C23H28N4O3/c1-30-18-6-2-15(3-7-18)12-26-10-9-19-20(14-26)24-21(25-22(19)28)17-8-11-27(13-17)23(29)16-4-5-16/h2-3,6-7,16-17H,4-5,8-14H2,1H3,(H,24,25,28). The Bertz CT molecular complexity index is 996. The van der Waals surface area contributed by atoms with Crippen LogP contribution in [0.4, 0.5) is 0 Å². The van der Waals surface area contributed by atoms with Crippen LogP contribution in [0.3, 0.4) is 0 Å². The Morgan fingerprint density at radius 1 is 1.20 bits per heavy atom. The van der Waals surface area contributed by atoms with E-state index in [1.54, 1.807) is 7.11 Å². The third-order valence-electron chi connectivity index (χ3n) is 6.55. The molecule has 2 aromatic rings. The van der Waals surface area contributed by atoms with Gasteiger partial charge < -0.3 is 14.6 Å². The molecule has 2 fully saturated rings. The van der Waals surface area contributed by atoms with Gasteiger partial charge in [0, 0.05) is 50.1 Å². The van der Waals surface area contributed by atoms with E-state index in [1.165, 1.54) is 5.56 Å². The molecule has 2 aliphatic heterocycles. The molecular weight excluding hydrogens is 380 g/mol. The van der Waals surface area contributed by atoms with Crippen LogP contribution in [0.15, 0.2) is 29.1 Å². The lowest BCUT2D eigenvalue weighted by Gasteiger charge is -2.28. The average molecular weight is 409 g/mol. The summed E-state index contributed by atoms with van der Waals surface area (Å²) in [6.45, 7) is 3.78. The molecule has 1 aromatic heterocycles. The van der Waals surface area contributed by atoms with Gasteiger partial charge >= 0.3 is 0 Å². The predicted octanol–water partition coefficient (Wildman–Crippen LogP) is 2.06. The summed E-state index contributed by atoms with van der Waals surface area (Å²) in [7, 11) is 1.67. The maximum absolute atomic E-state index is 12.7. The molecule has 5 rings (SSSR count). The molecule has 3 aliphatic rings. The van der Waals surface area contributed by atoms with Gasteiger partial charge in [0.1, 0.15) is 11.6 Å². The summed E-state index contributed by atoms with van der Waals surface area (Å²) in [5, 5.41) is 0. The molecule has 30 heavy (non-hydrogen) atoms. The zero-order valence-electron chi connectivity index (χ0n) is 17.4. The van der Waals surface area contributed by atoms with E-state index < -0.39 is 0 Å². The highest BCUT2D eigenvalue weighted by Crippen LogP contribution is 2.34. The summed E-state index contributed by atoms with van der Waals surface area (Å²) >= 11 is 0. The topological polar surface area (TPSA) is 78.5 Å². The van der Waals surface area contributed by atoms with Crippen molar-refractivity contribution in [2.24, 2.45) is 5.92 Å². The van der Waals surface area contributed by atoms with Crippen molar-refractivity contribution in [3.63, 3.8) is 0 Å². The summed E-state index contributed by atoms with van der Waals surface area (Å²) in [5.74, 6) is 2.25. The van der Waals surface area contributed by atoms with E-state index in [9.17, 15) is 9.59 Å². The van der Waals surface area contributed by atoms with Gasteiger partial charge in [-0.1, -0.05) is 12.1 Å². The number of H-pyrrole nitrogens is 1. The first-order chi connectivity index (χ1) is 14.6. The number of hydrogen-bond acceptors (Lipinski definition) is 5. The lowest BCUT2D eigenvalue weighted by atomic mass is 10.0. The second-order valence-electron chi connectivity index (χ2n) is 8.73. The van der Waals surface area contributed by atoms with Crippen molar-refractivity contribution in [1.29, 1.82) is 0 Å². The molecule has 1 amide bonds. The SMILES string of the molecule is COc1ccc(CN2CCc3c(nc(C4CCN(C(=O)C5CC5)C4)[nH]c3=O)C2)cc1. The van der Waals surface area contributed by atoms with Crippen LogP contribution in [0, 0.1) is 5.92 Å². The predicted molar refractivity (Wildman–Crippen MR) is 112 cm³/mol. The van der Waals surface area contributed by atoms with Gasteiger partial charge in [0.15, 0.2) is 0 Å². The van der Waals surface area contributed by atoms with Crippen LogP contribution in [-0.4, -0.2) is 52.4 Å². The van der Waals surface area contributed by atoms with Crippen LogP contribution in [0.25, 0.3) is 0 Å². The minimum absolute atomic E-state index is 0.00827. The van der Waals surface area contributed by atoms with Crippen LogP contribution in [0.2, 0.25) is 0 Å². The Morgan fingerprint density at radius 2 is 2.00 bits per heavy atom. The van der Waals surface area contributed by atoms with Crippen molar-refractivity contribution >= 4 is 5.91 Å². The maximum Gasteiger partial charge on any atom is 0.254 e. The molecule has 1 unspecified atom stereocenters.